The topological polar surface area (TPSA) is 55.4 Å². The summed E-state index contributed by atoms with van der Waals surface area (Å²) in [6.45, 7) is 3.82. The van der Waals surface area contributed by atoms with E-state index in [4.69, 9.17) is 16.3 Å². The molecule has 1 aromatic carbocycles. The van der Waals surface area contributed by atoms with Crippen LogP contribution in [0.25, 0.3) is 0 Å². The summed E-state index contributed by atoms with van der Waals surface area (Å²) in [5, 5.41) is 2.30. The van der Waals surface area contributed by atoms with Crippen LogP contribution in [0, 0.1) is 5.82 Å². The molecule has 128 valence electrons. The molecule has 0 spiro atoms. The molecule has 1 aromatic rings. The van der Waals surface area contributed by atoms with Crippen molar-refractivity contribution >= 4 is 40.9 Å². The number of carbonyl (C=O) groups excluding carboxylic acids is 2. The molecule has 4 nitrogen and oxygen atoms in total. The molecule has 0 heterocycles. The third kappa shape index (κ3) is 6.03. The summed E-state index contributed by atoms with van der Waals surface area (Å²) in [6, 6.07) is 2.60. The van der Waals surface area contributed by atoms with Crippen molar-refractivity contribution in [2.24, 2.45) is 0 Å². The molecule has 0 aliphatic heterocycles. The Hall–Kier alpha value is -1.27. The highest BCUT2D eigenvalue weighted by atomic mass is 35.5. The Morgan fingerprint density at radius 2 is 2.04 bits per heavy atom. The van der Waals surface area contributed by atoms with Gasteiger partial charge in [0.05, 0.1) is 17.8 Å². The average molecular weight is 362 g/mol. The molecule has 1 amide bonds. The van der Waals surface area contributed by atoms with E-state index in [-0.39, 0.29) is 22.6 Å². The first kappa shape index (κ1) is 19.8. The van der Waals surface area contributed by atoms with Gasteiger partial charge in [0.1, 0.15) is 11.1 Å². The maximum atomic E-state index is 13.9. The lowest BCUT2D eigenvalue weighted by atomic mass is 10.2. The summed E-state index contributed by atoms with van der Waals surface area (Å²) in [5.41, 5.74) is 0.0652. The van der Waals surface area contributed by atoms with E-state index in [1.807, 2.05) is 13.8 Å². The van der Waals surface area contributed by atoms with E-state index < -0.39 is 11.1 Å². The van der Waals surface area contributed by atoms with Crippen LogP contribution in [-0.2, 0) is 14.3 Å². The lowest BCUT2D eigenvalue weighted by Gasteiger charge is -2.15. The predicted octanol–water partition coefficient (Wildman–Crippen LogP) is 4.65. The van der Waals surface area contributed by atoms with Crippen molar-refractivity contribution in [1.29, 1.82) is 0 Å². The van der Waals surface area contributed by atoms with Crippen LogP contribution in [-0.4, -0.2) is 24.2 Å². The first-order valence-corrected chi connectivity index (χ1v) is 8.72. The zero-order valence-corrected chi connectivity index (χ0v) is 15.0. The molecule has 1 rings (SSSR count). The fraction of sp³-hybridized carbons (Fsp3) is 0.500. The van der Waals surface area contributed by atoms with Crippen LogP contribution in [0.15, 0.2) is 17.0 Å². The Labute approximate surface area is 145 Å². The third-order valence-corrected chi connectivity index (χ3v) is 4.79. The van der Waals surface area contributed by atoms with Crippen LogP contribution < -0.4 is 5.32 Å². The fourth-order valence-electron chi connectivity index (χ4n) is 1.93. The number of anilines is 1. The zero-order valence-electron chi connectivity index (χ0n) is 13.4. The molecular formula is C16H21ClFNO3S. The number of esters is 1. The fourth-order valence-corrected chi connectivity index (χ4v) is 3.42. The number of thioether (sulfide) groups is 1. The van der Waals surface area contributed by atoms with Gasteiger partial charge in [-0.1, -0.05) is 31.9 Å². The monoisotopic (exact) mass is 361 g/mol. The molecule has 0 aliphatic carbocycles. The van der Waals surface area contributed by atoms with Crippen molar-refractivity contribution in [2.45, 2.75) is 49.7 Å². The Balaban J connectivity index is 3.01. The highest BCUT2D eigenvalue weighted by Gasteiger charge is 2.22. The summed E-state index contributed by atoms with van der Waals surface area (Å²) in [5.74, 6) is -1.22. The molecule has 1 N–H and O–H groups in total. The van der Waals surface area contributed by atoms with Gasteiger partial charge in [0, 0.05) is 11.3 Å². The number of nitrogens with one attached hydrogen (secondary N) is 1. The zero-order chi connectivity index (χ0) is 17.4. The van der Waals surface area contributed by atoms with Gasteiger partial charge in [-0.3, -0.25) is 9.59 Å². The van der Waals surface area contributed by atoms with Crippen LogP contribution in [0.4, 0.5) is 10.1 Å². The summed E-state index contributed by atoms with van der Waals surface area (Å²) in [6.07, 6.45) is 2.39. The molecule has 0 aliphatic rings. The van der Waals surface area contributed by atoms with Crippen molar-refractivity contribution in [2.75, 3.05) is 12.4 Å². The van der Waals surface area contributed by atoms with E-state index in [2.05, 4.69) is 5.32 Å². The Bertz CT molecular complexity index is 569. The van der Waals surface area contributed by atoms with Crippen molar-refractivity contribution < 1.29 is 18.7 Å². The Kier molecular flexibility index (Phi) is 8.41. The standard InChI is InChI=1S/C16H21ClFNO3S/c1-4-6-13(16(21)22-3)23-14-9-12(11(18)8-10(14)17)19-15(20)7-5-2/h8-9,13H,4-7H2,1-3H3,(H,19,20). The Morgan fingerprint density at radius 1 is 1.35 bits per heavy atom. The minimum atomic E-state index is -0.603. The number of methoxy groups -OCH3 is 1. The minimum absolute atomic E-state index is 0.0652. The second kappa shape index (κ2) is 9.78. The quantitative estimate of drug-likeness (QED) is 0.540. The van der Waals surface area contributed by atoms with E-state index >= 15 is 0 Å². The average Bonchev–Trinajstić information content (AvgIpc) is 2.50. The number of carbonyl (C=O) groups is 2. The largest absolute Gasteiger partial charge is 0.468 e. The molecule has 0 saturated carbocycles. The number of hydrogen-bond donors (Lipinski definition) is 1. The maximum absolute atomic E-state index is 13.9. The van der Waals surface area contributed by atoms with E-state index in [0.29, 0.717) is 24.2 Å². The SMILES string of the molecule is CCCC(=O)Nc1cc(SC(CCC)C(=O)OC)c(Cl)cc1F. The van der Waals surface area contributed by atoms with Gasteiger partial charge in [0.2, 0.25) is 5.91 Å². The number of halogens is 2. The summed E-state index contributed by atoms with van der Waals surface area (Å²) < 4.78 is 18.7. The molecule has 0 aromatic heterocycles. The van der Waals surface area contributed by atoms with E-state index in [0.717, 1.165) is 12.5 Å². The lowest BCUT2D eigenvalue weighted by molar-refractivity contribution is -0.140. The summed E-state index contributed by atoms with van der Waals surface area (Å²) >= 11 is 7.28. The number of amides is 1. The molecule has 0 radical (unpaired) electrons. The lowest BCUT2D eigenvalue weighted by Crippen LogP contribution is -2.18. The first-order valence-electron chi connectivity index (χ1n) is 7.46. The highest BCUT2D eigenvalue weighted by Crippen LogP contribution is 2.36. The van der Waals surface area contributed by atoms with Crippen molar-refractivity contribution in [3.05, 3.63) is 23.0 Å². The molecule has 7 heteroatoms. The highest BCUT2D eigenvalue weighted by molar-refractivity contribution is 8.00. The predicted molar refractivity (Wildman–Crippen MR) is 91.5 cm³/mol. The second-order valence-electron chi connectivity index (χ2n) is 4.98. The molecule has 1 unspecified atom stereocenters. The van der Waals surface area contributed by atoms with Gasteiger partial charge in [-0.2, -0.15) is 0 Å². The molecular weight excluding hydrogens is 341 g/mol. The summed E-state index contributed by atoms with van der Waals surface area (Å²) in [7, 11) is 1.33. The van der Waals surface area contributed by atoms with E-state index in [1.54, 1.807) is 0 Å². The van der Waals surface area contributed by atoms with E-state index in [9.17, 15) is 14.0 Å². The van der Waals surface area contributed by atoms with Gasteiger partial charge >= 0.3 is 5.97 Å². The molecule has 23 heavy (non-hydrogen) atoms. The molecule has 0 fully saturated rings. The minimum Gasteiger partial charge on any atom is -0.468 e. The normalized spacial score (nSPS) is 11.9. The first-order chi connectivity index (χ1) is 10.9. The summed E-state index contributed by atoms with van der Waals surface area (Å²) in [4.78, 5) is 24.0. The van der Waals surface area contributed by atoms with Crippen molar-refractivity contribution in [1.82, 2.24) is 0 Å². The van der Waals surface area contributed by atoms with Crippen molar-refractivity contribution in [3.8, 4) is 0 Å². The van der Waals surface area contributed by atoms with Crippen LogP contribution in [0.3, 0.4) is 0 Å². The van der Waals surface area contributed by atoms with Gasteiger partial charge in [-0.05, 0) is 25.0 Å². The Morgan fingerprint density at radius 3 is 2.61 bits per heavy atom. The third-order valence-electron chi connectivity index (χ3n) is 3.06. The molecule has 0 saturated heterocycles. The van der Waals surface area contributed by atoms with Gasteiger partial charge in [-0.15, -0.1) is 11.8 Å². The number of benzene rings is 1. The smallest absolute Gasteiger partial charge is 0.319 e. The number of rotatable bonds is 8. The van der Waals surface area contributed by atoms with E-state index in [1.165, 1.54) is 24.9 Å². The van der Waals surface area contributed by atoms with Gasteiger partial charge < -0.3 is 10.1 Å². The van der Waals surface area contributed by atoms with Gasteiger partial charge in [0.15, 0.2) is 0 Å². The van der Waals surface area contributed by atoms with Crippen LogP contribution in [0.2, 0.25) is 5.02 Å². The van der Waals surface area contributed by atoms with Crippen molar-refractivity contribution in [3.63, 3.8) is 0 Å². The van der Waals surface area contributed by atoms with Gasteiger partial charge in [0.25, 0.3) is 0 Å². The van der Waals surface area contributed by atoms with Crippen LogP contribution in [0.1, 0.15) is 39.5 Å². The van der Waals surface area contributed by atoms with Gasteiger partial charge in [-0.25, -0.2) is 4.39 Å². The number of ether oxygens (including phenoxy) is 1. The molecule has 0 bridgehead atoms. The second-order valence-corrected chi connectivity index (χ2v) is 6.63. The molecule has 1 atom stereocenters. The maximum Gasteiger partial charge on any atom is 0.319 e. The number of hydrogen-bond acceptors (Lipinski definition) is 4. The van der Waals surface area contributed by atoms with Crippen LogP contribution in [0.5, 0.6) is 0 Å². The van der Waals surface area contributed by atoms with Crippen LogP contribution >= 0.6 is 23.4 Å².